The molecule has 0 fully saturated rings. The van der Waals surface area contributed by atoms with Crippen LogP contribution in [0.2, 0.25) is 0 Å². The summed E-state index contributed by atoms with van der Waals surface area (Å²) >= 11 is 5.88. The Kier molecular flexibility index (Phi) is 4.03. The van der Waals surface area contributed by atoms with E-state index in [1.54, 1.807) is 11.9 Å². The van der Waals surface area contributed by atoms with Gasteiger partial charge in [-0.05, 0) is 37.6 Å². The van der Waals surface area contributed by atoms with Gasteiger partial charge in [-0.1, -0.05) is 12.1 Å². The second-order valence-corrected chi connectivity index (χ2v) is 5.75. The minimum Gasteiger partial charge on any atom is -0.324 e. The minimum atomic E-state index is -0.0386. The summed E-state index contributed by atoms with van der Waals surface area (Å²) in [5.74, 6) is 1.25. The van der Waals surface area contributed by atoms with E-state index in [1.165, 1.54) is 0 Å². The third-order valence-electron chi connectivity index (χ3n) is 3.85. The van der Waals surface area contributed by atoms with Crippen LogP contribution in [0.3, 0.4) is 0 Å². The van der Waals surface area contributed by atoms with Crippen LogP contribution >= 0.6 is 11.6 Å². The van der Waals surface area contributed by atoms with Gasteiger partial charge in [-0.3, -0.25) is 4.79 Å². The van der Waals surface area contributed by atoms with E-state index in [0.717, 1.165) is 30.0 Å². The van der Waals surface area contributed by atoms with Crippen molar-refractivity contribution in [3.63, 3.8) is 0 Å². The first-order valence-electron chi connectivity index (χ1n) is 7.31. The molecule has 4 nitrogen and oxygen atoms in total. The van der Waals surface area contributed by atoms with Gasteiger partial charge in [0.25, 0.3) is 5.91 Å². The van der Waals surface area contributed by atoms with Gasteiger partial charge in [0.15, 0.2) is 0 Å². The van der Waals surface area contributed by atoms with Gasteiger partial charge in [0.1, 0.15) is 5.82 Å². The van der Waals surface area contributed by atoms with E-state index in [9.17, 15) is 4.79 Å². The molecule has 5 heteroatoms. The number of benzene rings is 1. The Labute approximate surface area is 135 Å². The van der Waals surface area contributed by atoms with Gasteiger partial charge in [0, 0.05) is 25.2 Å². The Morgan fingerprint density at radius 1 is 1.14 bits per heavy atom. The van der Waals surface area contributed by atoms with Crippen LogP contribution in [0.4, 0.5) is 17.2 Å². The van der Waals surface area contributed by atoms with E-state index in [2.05, 4.69) is 9.88 Å². The number of nitrogens with zero attached hydrogens (tertiary/aromatic N) is 3. The molecule has 2 heterocycles. The maximum atomic E-state index is 12.8. The fraction of sp³-hybridized carbons (Fsp3) is 0.294. The number of amides is 1. The first-order chi connectivity index (χ1) is 10.6. The predicted octanol–water partition coefficient (Wildman–Crippen LogP) is 3.75. The topological polar surface area (TPSA) is 36.4 Å². The van der Waals surface area contributed by atoms with E-state index in [4.69, 9.17) is 11.6 Å². The first kappa shape index (κ1) is 14.9. The third-order valence-corrected chi connectivity index (χ3v) is 4.12. The molecule has 1 aromatic heterocycles. The van der Waals surface area contributed by atoms with Crippen LogP contribution in [0.1, 0.15) is 22.5 Å². The Bertz CT molecular complexity index is 717. The van der Waals surface area contributed by atoms with E-state index >= 15 is 0 Å². The van der Waals surface area contributed by atoms with Crippen molar-refractivity contribution in [2.75, 3.05) is 29.3 Å². The maximum absolute atomic E-state index is 12.8. The highest BCUT2D eigenvalue weighted by atomic mass is 35.5. The number of fused-ring (bicyclic) bond motifs is 2. The van der Waals surface area contributed by atoms with Gasteiger partial charge in [-0.15, -0.1) is 11.6 Å². The summed E-state index contributed by atoms with van der Waals surface area (Å²) in [5.41, 5.74) is 3.39. The van der Waals surface area contributed by atoms with Crippen LogP contribution in [-0.4, -0.2) is 30.4 Å². The van der Waals surface area contributed by atoms with E-state index in [0.29, 0.717) is 17.3 Å². The summed E-state index contributed by atoms with van der Waals surface area (Å²) < 4.78 is 0. The Balaban J connectivity index is 2.23. The fourth-order valence-corrected chi connectivity index (χ4v) is 2.86. The second-order valence-electron chi connectivity index (χ2n) is 5.37. The molecule has 22 heavy (non-hydrogen) atoms. The predicted molar refractivity (Wildman–Crippen MR) is 90.5 cm³/mol. The van der Waals surface area contributed by atoms with Crippen LogP contribution in [0.5, 0.6) is 0 Å². The summed E-state index contributed by atoms with van der Waals surface area (Å²) in [5, 5.41) is 0. The van der Waals surface area contributed by atoms with Crippen molar-refractivity contribution in [2.45, 2.75) is 13.3 Å². The number of carbonyl (C=O) groups excluding carboxylic acids is 1. The van der Waals surface area contributed by atoms with Crippen molar-refractivity contribution in [1.29, 1.82) is 0 Å². The maximum Gasteiger partial charge on any atom is 0.261 e. The summed E-state index contributed by atoms with van der Waals surface area (Å²) in [6.07, 6.45) is 0.822. The summed E-state index contributed by atoms with van der Waals surface area (Å²) in [6, 6.07) is 11.6. The molecule has 1 aliphatic rings. The van der Waals surface area contributed by atoms with E-state index in [-0.39, 0.29) is 5.91 Å². The number of para-hydroxylation sites is 2. The van der Waals surface area contributed by atoms with Crippen molar-refractivity contribution < 1.29 is 4.79 Å². The molecule has 1 aliphatic heterocycles. The lowest BCUT2D eigenvalue weighted by atomic mass is 10.2. The molecule has 0 saturated carbocycles. The SMILES string of the molecule is Cc1ccc2c(n1)N(CCCCl)c1ccccc1N(C)C2=O. The molecule has 0 saturated heterocycles. The quantitative estimate of drug-likeness (QED) is 0.809. The lowest BCUT2D eigenvalue weighted by Crippen LogP contribution is -2.25. The molecule has 1 amide bonds. The minimum absolute atomic E-state index is 0.0386. The first-order valence-corrected chi connectivity index (χ1v) is 7.85. The molecule has 0 N–H and O–H groups in total. The number of pyridine rings is 1. The monoisotopic (exact) mass is 315 g/mol. The number of aromatic nitrogens is 1. The average Bonchev–Trinajstić information content (AvgIpc) is 2.62. The zero-order valence-corrected chi connectivity index (χ0v) is 13.5. The van der Waals surface area contributed by atoms with Crippen molar-refractivity contribution in [3.05, 3.63) is 47.7 Å². The average molecular weight is 316 g/mol. The van der Waals surface area contributed by atoms with Crippen LogP contribution in [0.25, 0.3) is 0 Å². The van der Waals surface area contributed by atoms with E-state index in [1.807, 2.05) is 43.3 Å². The highest BCUT2D eigenvalue weighted by molar-refractivity contribution is 6.18. The van der Waals surface area contributed by atoms with Crippen LogP contribution < -0.4 is 9.80 Å². The van der Waals surface area contributed by atoms with Crippen molar-refractivity contribution >= 4 is 34.7 Å². The molecule has 0 atom stereocenters. The number of hydrogen-bond acceptors (Lipinski definition) is 3. The van der Waals surface area contributed by atoms with Crippen molar-refractivity contribution in [1.82, 2.24) is 4.98 Å². The zero-order valence-electron chi connectivity index (χ0n) is 12.7. The largest absolute Gasteiger partial charge is 0.324 e. The van der Waals surface area contributed by atoms with Crippen LogP contribution in [-0.2, 0) is 0 Å². The molecular weight excluding hydrogens is 298 g/mol. The number of alkyl halides is 1. The molecule has 0 bridgehead atoms. The molecule has 0 unspecified atom stereocenters. The number of hydrogen-bond donors (Lipinski definition) is 0. The van der Waals surface area contributed by atoms with Crippen LogP contribution in [0, 0.1) is 6.92 Å². The highest BCUT2D eigenvalue weighted by Gasteiger charge is 2.29. The number of halogens is 1. The smallest absolute Gasteiger partial charge is 0.261 e. The van der Waals surface area contributed by atoms with Gasteiger partial charge in [-0.25, -0.2) is 4.98 Å². The standard InChI is InChI=1S/C17H18ClN3O/c1-12-8-9-13-16(19-12)21(11-5-10-18)15-7-4-3-6-14(15)20(2)17(13)22/h3-4,6-9H,5,10-11H2,1-2H3. The highest BCUT2D eigenvalue weighted by Crippen LogP contribution is 2.39. The molecule has 0 spiro atoms. The van der Waals surface area contributed by atoms with Gasteiger partial charge >= 0.3 is 0 Å². The van der Waals surface area contributed by atoms with Crippen molar-refractivity contribution in [3.8, 4) is 0 Å². The third kappa shape index (κ3) is 2.44. The zero-order chi connectivity index (χ0) is 15.7. The Morgan fingerprint density at radius 3 is 2.59 bits per heavy atom. The number of anilines is 3. The van der Waals surface area contributed by atoms with Gasteiger partial charge < -0.3 is 9.80 Å². The normalized spacial score (nSPS) is 13.7. The molecule has 2 aromatic rings. The summed E-state index contributed by atoms with van der Waals surface area (Å²) in [6.45, 7) is 2.66. The lowest BCUT2D eigenvalue weighted by Gasteiger charge is -2.25. The summed E-state index contributed by atoms with van der Waals surface area (Å²) in [4.78, 5) is 21.2. The Morgan fingerprint density at radius 2 is 1.86 bits per heavy atom. The molecule has 0 radical (unpaired) electrons. The van der Waals surface area contributed by atoms with Crippen molar-refractivity contribution in [2.24, 2.45) is 0 Å². The fourth-order valence-electron chi connectivity index (χ4n) is 2.74. The molecule has 114 valence electrons. The number of carbonyl (C=O) groups is 1. The lowest BCUT2D eigenvalue weighted by molar-refractivity contribution is 0.0994. The van der Waals surface area contributed by atoms with Gasteiger partial charge in [0.05, 0.1) is 16.9 Å². The molecule has 3 rings (SSSR count). The number of aryl methyl sites for hydroxylation is 1. The number of rotatable bonds is 3. The molecular formula is C17H18ClN3O. The van der Waals surface area contributed by atoms with Gasteiger partial charge in [0.2, 0.25) is 0 Å². The molecule has 1 aromatic carbocycles. The Hall–Kier alpha value is -2.07. The van der Waals surface area contributed by atoms with E-state index < -0.39 is 0 Å². The van der Waals surface area contributed by atoms with Crippen LogP contribution in [0.15, 0.2) is 36.4 Å². The van der Waals surface area contributed by atoms with Gasteiger partial charge in [-0.2, -0.15) is 0 Å². The second kappa shape index (κ2) is 5.97. The summed E-state index contributed by atoms with van der Waals surface area (Å²) in [7, 11) is 1.80. The molecule has 0 aliphatic carbocycles.